The smallest absolute Gasteiger partial charge is 0.341 e. The average molecular weight is 316 g/mol. The van der Waals surface area contributed by atoms with Crippen LogP contribution in [0.15, 0.2) is 12.1 Å². The third-order valence-corrected chi connectivity index (χ3v) is 4.60. The van der Waals surface area contributed by atoms with Crippen molar-refractivity contribution in [1.29, 1.82) is 0 Å². The highest BCUT2D eigenvalue weighted by Gasteiger charge is 2.21. The van der Waals surface area contributed by atoms with E-state index in [1.54, 1.807) is 4.52 Å². The van der Waals surface area contributed by atoms with E-state index >= 15 is 0 Å². The first-order valence-corrected chi connectivity index (χ1v) is 8.31. The number of aryl methyl sites for hydroxylation is 2. The zero-order valence-corrected chi connectivity index (χ0v) is 14.1. The Balaban J connectivity index is 1.92. The minimum atomic E-state index is -0.360. The lowest BCUT2D eigenvalue weighted by Gasteiger charge is -2.21. The summed E-state index contributed by atoms with van der Waals surface area (Å²) in [6, 6.07) is 3.92. The quantitative estimate of drug-likeness (QED) is 0.807. The maximum Gasteiger partial charge on any atom is 0.341 e. The fourth-order valence-corrected chi connectivity index (χ4v) is 3.37. The Labute approximate surface area is 136 Å². The molecule has 1 aliphatic carbocycles. The Morgan fingerprint density at radius 3 is 2.70 bits per heavy atom. The van der Waals surface area contributed by atoms with Crippen molar-refractivity contribution in [3.63, 3.8) is 0 Å². The van der Waals surface area contributed by atoms with Crippen molar-refractivity contribution >= 4 is 11.5 Å². The highest BCUT2D eigenvalue weighted by molar-refractivity contribution is 5.98. The molecule has 0 atom stereocenters. The summed E-state index contributed by atoms with van der Waals surface area (Å²) in [6.07, 6.45) is 6.41. The number of hydrogen-bond donors (Lipinski definition) is 0. The number of ether oxygens (including phenoxy) is 2. The van der Waals surface area contributed by atoms with Crippen LogP contribution in [0.25, 0.3) is 5.52 Å². The molecule has 0 aliphatic heterocycles. The van der Waals surface area contributed by atoms with E-state index < -0.39 is 0 Å². The van der Waals surface area contributed by atoms with Gasteiger partial charge >= 0.3 is 5.97 Å². The molecule has 124 valence electrons. The van der Waals surface area contributed by atoms with E-state index in [4.69, 9.17) is 9.47 Å². The number of methoxy groups -OCH3 is 1. The molecule has 0 saturated heterocycles. The summed E-state index contributed by atoms with van der Waals surface area (Å²) in [7, 11) is 1.39. The average Bonchev–Trinajstić information content (AvgIpc) is 2.89. The van der Waals surface area contributed by atoms with Crippen LogP contribution in [-0.4, -0.2) is 29.3 Å². The van der Waals surface area contributed by atoms with Gasteiger partial charge in [0.05, 0.1) is 24.9 Å². The normalized spacial score (nSPS) is 15.8. The van der Waals surface area contributed by atoms with Crippen molar-refractivity contribution < 1.29 is 14.3 Å². The van der Waals surface area contributed by atoms with Crippen LogP contribution >= 0.6 is 0 Å². The van der Waals surface area contributed by atoms with Gasteiger partial charge in [-0.2, -0.15) is 9.61 Å². The maximum atomic E-state index is 12.0. The molecule has 2 aromatic heterocycles. The van der Waals surface area contributed by atoms with Gasteiger partial charge in [0.25, 0.3) is 0 Å². The van der Waals surface area contributed by atoms with E-state index in [2.05, 4.69) is 5.10 Å². The number of aromatic nitrogens is 2. The van der Waals surface area contributed by atoms with Crippen molar-refractivity contribution in [1.82, 2.24) is 9.61 Å². The SMILES string of the molecule is COC(=O)c1c(C)nn2c(OCC3CCCCC3)cc(C)cc12. The second kappa shape index (κ2) is 6.60. The molecule has 0 spiro atoms. The van der Waals surface area contributed by atoms with Crippen LogP contribution in [-0.2, 0) is 4.74 Å². The van der Waals surface area contributed by atoms with Crippen LogP contribution in [0.4, 0.5) is 0 Å². The van der Waals surface area contributed by atoms with E-state index in [-0.39, 0.29) is 5.97 Å². The van der Waals surface area contributed by atoms with Gasteiger partial charge in [-0.25, -0.2) is 4.79 Å². The van der Waals surface area contributed by atoms with Gasteiger partial charge in [0.2, 0.25) is 5.88 Å². The topological polar surface area (TPSA) is 52.8 Å². The molecule has 1 saturated carbocycles. The summed E-state index contributed by atoms with van der Waals surface area (Å²) in [5.41, 5.74) is 2.96. The van der Waals surface area contributed by atoms with Gasteiger partial charge in [0, 0.05) is 6.07 Å². The highest BCUT2D eigenvalue weighted by Crippen LogP contribution is 2.27. The molecule has 23 heavy (non-hydrogen) atoms. The van der Waals surface area contributed by atoms with E-state index in [9.17, 15) is 4.79 Å². The summed E-state index contributed by atoms with van der Waals surface area (Å²) in [6.45, 7) is 4.53. The minimum absolute atomic E-state index is 0.360. The predicted octanol–water partition coefficient (Wildman–Crippen LogP) is 3.70. The third kappa shape index (κ3) is 3.19. The van der Waals surface area contributed by atoms with E-state index in [1.807, 2.05) is 26.0 Å². The fraction of sp³-hybridized carbons (Fsp3) is 0.556. The minimum Gasteiger partial charge on any atom is -0.477 e. The first kappa shape index (κ1) is 15.8. The van der Waals surface area contributed by atoms with Gasteiger partial charge in [0.1, 0.15) is 5.56 Å². The van der Waals surface area contributed by atoms with Crippen LogP contribution in [0.3, 0.4) is 0 Å². The number of esters is 1. The molecule has 5 nitrogen and oxygen atoms in total. The van der Waals surface area contributed by atoms with Crippen LogP contribution in [0.5, 0.6) is 5.88 Å². The van der Waals surface area contributed by atoms with Crippen molar-refractivity contribution in [2.75, 3.05) is 13.7 Å². The van der Waals surface area contributed by atoms with Gasteiger partial charge in [-0.15, -0.1) is 0 Å². The number of carbonyl (C=O) groups is 1. The lowest BCUT2D eigenvalue weighted by Crippen LogP contribution is -2.16. The molecule has 3 rings (SSSR count). The van der Waals surface area contributed by atoms with Crippen molar-refractivity contribution in [2.45, 2.75) is 46.0 Å². The Morgan fingerprint density at radius 2 is 2.00 bits per heavy atom. The van der Waals surface area contributed by atoms with Crippen molar-refractivity contribution in [2.24, 2.45) is 5.92 Å². The number of rotatable bonds is 4. The summed E-state index contributed by atoms with van der Waals surface area (Å²) in [5.74, 6) is 0.959. The van der Waals surface area contributed by atoms with Gasteiger partial charge in [-0.1, -0.05) is 19.3 Å². The van der Waals surface area contributed by atoms with Gasteiger partial charge in [-0.3, -0.25) is 0 Å². The lowest BCUT2D eigenvalue weighted by molar-refractivity contribution is 0.0602. The Kier molecular flexibility index (Phi) is 4.55. The van der Waals surface area contributed by atoms with Crippen molar-refractivity contribution in [3.8, 4) is 5.88 Å². The van der Waals surface area contributed by atoms with E-state index in [0.717, 1.165) is 11.1 Å². The van der Waals surface area contributed by atoms with Crippen LogP contribution in [0, 0.1) is 19.8 Å². The second-order valence-electron chi connectivity index (χ2n) is 6.44. The number of fused-ring (bicyclic) bond motifs is 1. The summed E-state index contributed by atoms with van der Waals surface area (Å²) < 4.78 is 12.7. The number of carbonyl (C=O) groups excluding carboxylic acids is 1. The maximum absolute atomic E-state index is 12.0. The second-order valence-corrected chi connectivity index (χ2v) is 6.44. The Bertz CT molecular complexity index is 715. The highest BCUT2D eigenvalue weighted by atomic mass is 16.5. The molecule has 0 unspecified atom stereocenters. The molecule has 0 bridgehead atoms. The summed E-state index contributed by atoms with van der Waals surface area (Å²) in [4.78, 5) is 12.0. The standard InChI is InChI=1S/C18H24N2O3/c1-12-9-15-17(18(21)22-3)13(2)19-20(15)16(10-12)23-11-14-7-5-4-6-8-14/h9-10,14H,4-8,11H2,1-3H3. The van der Waals surface area contributed by atoms with Crippen molar-refractivity contribution in [3.05, 3.63) is 29.0 Å². The first-order chi connectivity index (χ1) is 11.1. The van der Waals surface area contributed by atoms with Gasteiger partial charge in [0.15, 0.2) is 0 Å². The zero-order chi connectivity index (χ0) is 16.4. The Hall–Kier alpha value is -2.04. The molecule has 0 N–H and O–H groups in total. The zero-order valence-electron chi connectivity index (χ0n) is 14.1. The molecular formula is C18H24N2O3. The molecular weight excluding hydrogens is 292 g/mol. The van der Waals surface area contributed by atoms with Crippen LogP contribution in [0.1, 0.15) is 53.7 Å². The first-order valence-electron chi connectivity index (χ1n) is 8.31. The van der Waals surface area contributed by atoms with E-state index in [1.165, 1.54) is 39.2 Å². The molecule has 1 aliphatic rings. The molecule has 0 radical (unpaired) electrons. The van der Waals surface area contributed by atoms with Gasteiger partial charge < -0.3 is 9.47 Å². The number of nitrogens with zero attached hydrogens (tertiary/aromatic N) is 2. The number of hydrogen-bond acceptors (Lipinski definition) is 4. The predicted molar refractivity (Wildman–Crippen MR) is 88.1 cm³/mol. The Morgan fingerprint density at radius 1 is 1.26 bits per heavy atom. The summed E-state index contributed by atoms with van der Waals surface area (Å²) >= 11 is 0. The molecule has 2 aromatic rings. The van der Waals surface area contributed by atoms with E-state index in [0.29, 0.717) is 29.7 Å². The summed E-state index contributed by atoms with van der Waals surface area (Å²) in [5, 5.41) is 4.48. The molecule has 1 fully saturated rings. The number of pyridine rings is 1. The lowest BCUT2D eigenvalue weighted by atomic mass is 9.90. The molecule has 0 aromatic carbocycles. The monoisotopic (exact) mass is 316 g/mol. The molecule has 2 heterocycles. The molecule has 0 amide bonds. The molecule has 5 heteroatoms. The largest absolute Gasteiger partial charge is 0.477 e. The van der Waals surface area contributed by atoms with Crippen LogP contribution in [0.2, 0.25) is 0 Å². The van der Waals surface area contributed by atoms with Gasteiger partial charge in [-0.05, 0) is 44.2 Å². The van der Waals surface area contributed by atoms with Crippen LogP contribution < -0.4 is 4.74 Å². The third-order valence-electron chi connectivity index (χ3n) is 4.60. The fourth-order valence-electron chi connectivity index (χ4n) is 3.37.